The number of amides is 1. The summed E-state index contributed by atoms with van der Waals surface area (Å²) in [6.07, 6.45) is 1.07. The summed E-state index contributed by atoms with van der Waals surface area (Å²) in [5.41, 5.74) is 0.487. The molecule has 0 bridgehead atoms. The van der Waals surface area contributed by atoms with Crippen molar-refractivity contribution in [3.63, 3.8) is 0 Å². The first kappa shape index (κ1) is 19.7. The molecule has 146 valence electrons. The number of rotatable bonds is 6. The quantitative estimate of drug-likeness (QED) is 0.338. The van der Waals surface area contributed by atoms with Crippen LogP contribution in [-0.2, 0) is 10.4 Å². The zero-order valence-electron chi connectivity index (χ0n) is 15.1. The van der Waals surface area contributed by atoms with Crippen molar-refractivity contribution in [3.8, 4) is 5.75 Å². The number of nitro benzene ring substituents is 1. The van der Waals surface area contributed by atoms with Gasteiger partial charge in [-0.1, -0.05) is 66.7 Å². The molecule has 0 aliphatic rings. The van der Waals surface area contributed by atoms with Crippen molar-refractivity contribution in [2.24, 2.45) is 5.10 Å². The standard InChI is InChI=1S/C21H17N3O5/c25-19-15(8-7-13-18(19)24(28)29)14-22-23-20(26)21(27,16-9-3-1-4-10-16)17-11-5-2-6-12-17/h1-14,25,27H,(H,23,26)/b22-14-. The minimum absolute atomic E-state index is 0.0439. The molecule has 0 saturated heterocycles. The lowest BCUT2D eigenvalue weighted by molar-refractivity contribution is -0.385. The van der Waals surface area contributed by atoms with Crippen LogP contribution in [0, 0.1) is 10.1 Å². The topological polar surface area (TPSA) is 125 Å². The molecule has 29 heavy (non-hydrogen) atoms. The van der Waals surface area contributed by atoms with Crippen LogP contribution in [0.5, 0.6) is 5.75 Å². The first-order valence-corrected chi connectivity index (χ1v) is 8.58. The van der Waals surface area contributed by atoms with Crippen molar-refractivity contribution in [3.05, 3.63) is 106 Å². The van der Waals surface area contributed by atoms with E-state index in [1.54, 1.807) is 60.7 Å². The Hall–Kier alpha value is -4.04. The first-order chi connectivity index (χ1) is 13.9. The van der Waals surface area contributed by atoms with Crippen LogP contribution in [0.3, 0.4) is 0 Å². The lowest BCUT2D eigenvalue weighted by Crippen LogP contribution is -2.43. The van der Waals surface area contributed by atoms with Gasteiger partial charge in [-0.25, -0.2) is 5.43 Å². The molecule has 0 spiro atoms. The molecule has 3 aromatic carbocycles. The molecule has 0 saturated carbocycles. The smallest absolute Gasteiger partial charge is 0.311 e. The van der Waals surface area contributed by atoms with Crippen LogP contribution < -0.4 is 5.43 Å². The average molecular weight is 391 g/mol. The second kappa shape index (κ2) is 8.32. The summed E-state index contributed by atoms with van der Waals surface area (Å²) in [5, 5.41) is 35.9. The summed E-state index contributed by atoms with van der Waals surface area (Å²) < 4.78 is 0. The van der Waals surface area contributed by atoms with Gasteiger partial charge in [0.1, 0.15) is 0 Å². The summed E-state index contributed by atoms with van der Waals surface area (Å²) in [6.45, 7) is 0. The Morgan fingerprint density at radius 2 is 1.52 bits per heavy atom. The summed E-state index contributed by atoms with van der Waals surface area (Å²) in [4.78, 5) is 23.0. The average Bonchev–Trinajstić information content (AvgIpc) is 2.75. The number of nitro groups is 1. The Balaban J connectivity index is 1.90. The second-order valence-corrected chi connectivity index (χ2v) is 6.11. The summed E-state index contributed by atoms with van der Waals surface area (Å²) >= 11 is 0. The number of phenols is 1. The lowest BCUT2D eigenvalue weighted by Gasteiger charge is -2.27. The van der Waals surface area contributed by atoms with E-state index < -0.39 is 27.9 Å². The van der Waals surface area contributed by atoms with Gasteiger partial charge >= 0.3 is 5.69 Å². The predicted molar refractivity (Wildman–Crippen MR) is 106 cm³/mol. The van der Waals surface area contributed by atoms with Crippen LogP contribution in [0.25, 0.3) is 0 Å². The molecule has 3 rings (SSSR count). The van der Waals surface area contributed by atoms with E-state index in [0.717, 1.165) is 12.3 Å². The number of nitrogens with zero attached hydrogens (tertiary/aromatic N) is 2. The normalized spacial score (nSPS) is 11.3. The van der Waals surface area contributed by atoms with Crippen molar-refractivity contribution in [1.82, 2.24) is 5.43 Å². The first-order valence-electron chi connectivity index (χ1n) is 8.58. The van der Waals surface area contributed by atoms with Crippen molar-refractivity contribution in [1.29, 1.82) is 0 Å². The maximum Gasteiger partial charge on any atom is 0.311 e. The number of carbonyl (C=O) groups is 1. The highest BCUT2D eigenvalue weighted by molar-refractivity contribution is 5.92. The van der Waals surface area contributed by atoms with Crippen molar-refractivity contribution < 1.29 is 19.9 Å². The van der Waals surface area contributed by atoms with Crippen LogP contribution in [0.4, 0.5) is 5.69 Å². The second-order valence-electron chi connectivity index (χ2n) is 6.11. The van der Waals surface area contributed by atoms with E-state index in [1.165, 1.54) is 12.1 Å². The third-order valence-corrected chi connectivity index (χ3v) is 4.32. The fourth-order valence-corrected chi connectivity index (χ4v) is 2.83. The highest BCUT2D eigenvalue weighted by atomic mass is 16.6. The molecule has 0 aromatic heterocycles. The largest absolute Gasteiger partial charge is 0.502 e. The highest BCUT2D eigenvalue weighted by Gasteiger charge is 2.39. The SMILES string of the molecule is O=C(N/N=C\c1cccc([N+](=O)[O-])c1O)C(O)(c1ccccc1)c1ccccc1. The molecule has 0 aliphatic carbocycles. The number of hydrogen-bond acceptors (Lipinski definition) is 6. The molecule has 0 atom stereocenters. The van der Waals surface area contributed by atoms with Gasteiger partial charge in [-0.05, 0) is 17.2 Å². The van der Waals surface area contributed by atoms with Gasteiger partial charge in [0.15, 0.2) is 5.60 Å². The minimum Gasteiger partial charge on any atom is -0.502 e. The van der Waals surface area contributed by atoms with Crippen LogP contribution in [-0.4, -0.2) is 27.3 Å². The minimum atomic E-state index is -2.01. The molecule has 3 aromatic rings. The maximum absolute atomic E-state index is 12.9. The van der Waals surface area contributed by atoms with Gasteiger partial charge in [0.25, 0.3) is 5.91 Å². The van der Waals surface area contributed by atoms with Gasteiger partial charge in [-0.15, -0.1) is 0 Å². The highest BCUT2D eigenvalue weighted by Crippen LogP contribution is 2.30. The molecule has 0 fully saturated rings. The molecular formula is C21H17N3O5. The third-order valence-electron chi connectivity index (χ3n) is 4.32. The number of hydrazone groups is 1. The van der Waals surface area contributed by atoms with E-state index in [2.05, 4.69) is 10.5 Å². The van der Waals surface area contributed by atoms with Gasteiger partial charge < -0.3 is 10.2 Å². The van der Waals surface area contributed by atoms with Crippen LogP contribution >= 0.6 is 0 Å². The lowest BCUT2D eigenvalue weighted by atomic mass is 9.85. The van der Waals surface area contributed by atoms with Gasteiger partial charge in [0.05, 0.1) is 11.1 Å². The number of aliphatic hydroxyl groups is 1. The Morgan fingerprint density at radius 3 is 2.03 bits per heavy atom. The Labute approximate surface area is 165 Å². The van der Waals surface area contributed by atoms with Crippen molar-refractivity contribution >= 4 is 17.8 Å². The number of benzene rings is 3. The third kappa shape index (κ3) is 3.97. The molecule has 0 radical (unpaired) electrons. The fourth-order valence-electron chi connectivity index (χ4n) is 2.83. The van der Waals surface area contributed by atoms with Crippen molar-refractivity contribution in [2.45, 2.75) is 5.60 Å². The van der Waals surface area contributed by atoms with Gasteiger partial charge in [-0.3, -0.25) is 14.9 Å². The molecule has 0 unspecified atom stereocenters. The van der Waals surface area contributed by atoms with E-state index in [0.29, 0.717) is 11.1 Å². The van der Waals surface area contributed by atoms with Gasteiger partial charge in [-0.2, -0.15) is 5.10 Å². The molecule has 0 aliphatic heterocycles. The van der Waals surface area contributed by atoms with E-state index in [9.17, 15) is 25.1 Å². The zero-order chi connectivity index (χ0) is 20.9. The fraction of sp³-hybridized carbons (Fsp3) is 0.0476. The Bertz CT molecular complexity index is 1010. The zero-order valence-corrected chi connectivity index (χ0v) is 15.1. The molecule has 0 heterocycles. The van der Waals surface area contributed by atoms with E-state index in [1.807, 2.05) is 0 Å². The van der Waals surface area contributed by atoms with Crippen LogP contribution in [0.1, 0.15) is 16.7 Å². The van der Waals surface area contributed by atoms with E-state index >= 15 is 0 Å². The van der Waals surface area contributed by atoms with Crippen LogP contribution in [0.2, 0.25) is 0 Å². The maximum atomic E-state index is 12.9. The monoisotopic (exact) mass is 391 g/mol. The van der Waals surface area contributed by atoms with Crippen molar-refractivity contribution in [2.75, 3.05) is 0 Å². The van der Waals surface area contributed by atoms with Gasteiger partial charge in [0.2, 0.25) is 5.75 Å². The molecule has 8 heteroatoms. The number of phenolic OH excluding ortho intramolecular Hbond substituents is 1. The number of aromatic hydroxyl groups is 1. The molecule has 3 N–H and O–H groups in total. The number of para-hydroxylation sites is 1. The predicted octanol–water partition coefficient (Wildman–Crippen LogP) is 2.69. The molecular weight excluding hydrogens is 374 g/mol. The number of carbonyl (C=O) groups excluding carboxylic acids is 1. The molecule has 1 amide bonds. The van der Waals surface area contributed by atoms with E-state index in [4.69, 9.17) is 0 Å². The molecule has 8 nitrogen and oxygen atoms in total. The Kier molecular flexibility index (Phi) is 5.66. The van der Waals surface area contributed by atoms with Gasteiger partial charge in [0, 0.05) is 11.6 Å². The summed E-state index contributed by atoms with van der Waals surface area (Å²) in [6, 6.07) is 20.7. The summed E-state index contributed by atoms with van der Waals surface area (Å²) in [5.74, 6) is -1.40. The number of hydrogen-bond donors (Lipinski definition) is 3. The Morgan fingerprint density at radius 1 is 0.966 bits per heavy atom. The van der Waals surface area contributed by atoms with E-state index in [-0.39, 0.29) is 5.56 Å². The number of nitrogens with one attached hydrogen (secondary N) is 1. The summed E-state index contributed by atoms with van der Waals surface area (Å²) in [7, 11) is 0. The van der Waals surface area contributed by atoms with Crippen LogP contribution in [0.15, 0.2) is 84.0 Å².